The molecule has 32 heavy (non-hydrogen) atoms. The number of nitrogens with one attached hydrogen (secondary N) is 1. The van der Waals surface area contributed by atoms with E-state index in [4.69, 9.17) is 16.3 Å². The van der Waals surface area contributed by atoms with E-state index in [1.165, 1.54) is 4.90 Å². The summed E-state index contributed by atoms with van der Waals surface area (Å²) in [6.07, 6.45) is 0.876. The van der Waals surface area contributed by atoms with E-state index < -0.39 is 5.91 Å². The molecule has 5 nitrogen and oxygen atoms in total. The molecule has 0 bridgehead atoms. The number of halogens is 1. The number of imide groups is 1. The molecule has 162 valence electrons. The van der Waals surface area contributed by atoms with Crippen LogP contribution in [0.1, 0.15) is 25.0 Å². The van der Waals surface area contributed by atoms with Crippen LogP contribution in [0.5, 0.6) is 5.75 Å². The predicted molar refractivity (Wildman–Crippen MR) is 128 cm³/mol. The Morgan fingerprint density at radius 2 is 1.50 bits per heavy atom. The number of benzene rings is 3. The van der Waals surface area contributed by atoms with Gasteiger partial charge < -0.3 is 10.1 Å². The topological polar surface area (TPSA) is 58.6 Å². The van der Waals surface area contributed by atoms with Crippen molar-refractivity contribution < 1.29 is 14.3 Å². The van der Waals surface area contributed by atoms with E-state index in [2.05, 4.69) is 12.2 Å². The van der Waals surface area contributed by atoms with Gasteiger partial charge in [-0.3, -0.25) is 9.59 Å². The van der Waals surface area contributed by atoms with Gasteiger partial charge in [0.2, 0.25) is 0 Å². The minimum absolute atomic E-state index is 0.223. The summed E-state index contributed by atoms with van der Waals surface area (Å²) < 4.78 is 5.48. The van der Waals surface area contributed by atoms with E-state index in [0.717, 1.165) is 17.7 Å². The van der Waals surface area contributed by atoms with E-state index in [0.29, 0.717) is 34.1 Å². The first kappa shape index (κ1) is 21.7. The Kier molecular flexibility index (Phi) is 6.28. The molecule has 3 aromatic rings. The molecule has 0 fully saturated rings. The summed E-state index contributed by atoms with van der Waals surface area (Å²) in [7, 11) is 0. The Morgan fingerprint density at radius 1 is 0.844 bits per heavy atom. The van der Waals surface area contributed by atoms with Crippen molar-refractivity contribution in [1.82, 2.24) is 0 Å². The van der Waals surface area contributed by atoms with Crippen molar-refractivity contribution in [2.45, 2.75) is 20.3 Å². The lowest BCUT2D eigenvalue weighted by Crippen LogP contribution is -2.32. The molecule has 0 saturated heterocycles. The Labute approximate surface area is 192 Å². The molecule has 0 saturated carbocycles. The molecule has 1 N–H and O–H groups in total. The van der Waals surface area contributed by atoms with Crippen molar-refractivity contribution >= 4 is 40.4 Å². The van der Waals surface area contributed by atoms with Gasteiger partial charge in [0, 0.05) is 10.7 Å². The van der Waals surface area contributed by atoms with Crippen molar-refractivity contribution in [2.24, 2.45) is 0 Å². The number of hydrogen-bond donors (Lipinski definition) is 1. The Hall–Kier alpha value is -3.57. The van der Waals surface area contributed by atoms with Gasteiger partial charge in [0.25, 0.3) is 11.8 Å². The van der Waals surface area contributed by atoms with Crippen LogP contribution in [0.3, 0.4) is 0 Å². The van der Waals surface area contributed by atoms with E-state index in [-0.39, 0.29) is 11.6 Å². The standard InChI is InChI=1S/C26H23ClN2O3/c1-3-17-5-13-21(14-6-17)29-25(30)23(18-7-9-19(27)10-8-18)24(26(29)31)28-20-11-15-22(16-12-20)32-4-2/h5-16,28H,3-4H2,1-2H3. The van der Waals surface area contributed by atoms with Crippen LogP contribution in [0.4, 0.5) is 11.4 Å². The molecule has 6 heteroatoms. The van der Waals surface area contributed by atoms with Gasteiger partial charge in [-0.1, -0.05) is 42.8 Å². The molecule has 1 aliphatic heterocycles. The first-order chi connectivity index (χ1) is 15.5. The van der Waals surface area contributed by atoms with E-state index >= 15 is 0 Å². The van der Waals surface area contributed by atoms with E-state index in [1.54, 1.807) is 36.4 Å². The highest BCUT2D eigenvalue weighted by atomic mass is 35.5. The zero-order valence-electron chi connectivity index (χ0n) is 17.9. The Balaban J connectivity index is 1.74. The summed E-state index contributed by atoms with van der Waals surface area (Å²) in [5, 5.41) is 3.71. The third-order valence-corrected chi connectivity index (χ3v) is 5.51. The van der Waals surface area contributed by atoms with Gasteiger partial charge in [-0.2, -0.15) is 0 Å². The lowest BCUT2D eigenvalue weighted by atomic mass is 10.0. The highest BCUT2D eigenvalue weighted by Crippen LogP contribution is 2.34. The van der Waals surface area contributed by atoms with Crippen LogP contribution < -0.4 is 15.0 Å². The summed E-state index contributed by atoms with van der Waals surface area (Å²) in [5.41, 5.74) is 3.49. The molecule has 1 heterocycles. The average Bonchev–Trinajstić information content (AvgIpc) is 3.05. The second kappa shape index (κ2) is 9.28. The summed E-state index contributed by atoms with van der Waals surface area (Å²) in [6.45, 7) is 4.54. The fraction of sp³-hybridized carbons (Fsp3) is 0.154. The third-order valence-electron chi connectivity index (χ3n) is 5.25. The molecule has 0 aliphatic carbocycles. The zero-order chi connectivity index (χ0) is 22.7. The van der Waals surface area contributed by atoms with Gasteiger partial charge >= 0.3 is 0 Å². The van der Waals surface area contributed by atoms with Crippen molar-refractivity contribution in [3.8, 4) is 5.75 Å². The number of ether oxygens (including phenoxy) is 1. The van der Waals surface area contributed by atoms with Crippen LogP contribution in [0.25, 0.3) is 5.57 Å². The normalized spacial score (nSPS) is 13.7. The Morgan fingerprint density at radius 3 is 2.09 bits per heavy atom. The summed E-state index contributed by atoms with van der Waals surface area (Å²) in [6, 6.07) is 21.6. The molecule has 1 aliphatic rings. The number of rotatable bonds is 7. The molecule has 0 spiro atoms. The first-order valence-corrected chi connectivity index (χ1v) is 10.9. The van der Waals surface area contributed by atoms with E-state index in [9.17, 15) is 9.59 Å². The van der Waals surface area contributed by atoms with Gasteiger partial charge in [0.05, 0.1) is 17.9 Å². The lowest BCUT2D eigenvalue weighted by Gasteiger charge is -2.16. The molecular formula is C26H23ClN2O3. The third kappa shape index (κ3) is 4.25. The number of hydrogen-bond acceptors (Lipinski definition) is 4. The minimum Gasteiger partial charge on any atom is -0.494 e. The fourth-order valence-electron chi connectivity index (χ4n) is 3.59. The SMILES string of the molecule is CCOc1ccc(NC2=C(c3ccc(Cl)cc3)C(=O)N(c3ccc(CC)cc3)C2=O)cc1. The highest BCUT2D eigenvalue weighted by molar-refractivity contribution is 6.46. The Bertz CT molecular complexity index is 1170. The number of carbonyl (C=O) groups excluding carboxylic acids is 2. The molecule has 0 atom stereocenters. The van der Waals surface area contributed by atoms with Gasteiger partial charge in [-0.25, -0.2) is 4.90 Å². The van der Waals surface area contributed by atoms with Gasteiger partial charge in [0.15, 0.2) is 0 Å². The number of aryl methyl sites for hydroxylation is 1. The van der Waals surface area contributed by atoms with Crippen LogP contribution in [0.2, 0.25) is 5.02 Å². The number of amides is 2. The second-order valence-electron chi connectivity index (χ2n) is 7.30. The molecule has 2 amide bonds. The molecule has 3 aromatic carbocycles. The molecule has 0 radical (unpaired) electrons. The van der Waals surface area contributed by atoms with Gasteiger partial charge in [-0.15, -0.1) is 0 Å². The predicted octanol–water partition coefficient (Wildman–Crippen LogP) is 5.70. The molecular weight excluding hydrogens is 424 g/mol. The number of nitrogens with zero attached hydrogens (tertiary/aromatic N) is 1. The van der Waals surface area contributed by atoms with Crippen molar-refractivity contribution in [3.63, 3.8) is 0 Å². The largest absolute Gasteiger partial charge is 0.494 e. The summed E-state index contributed by atoms with van der Waals surface area (Å²) in [5.74, 6) is -0.0514. The summed E-state index contributed by atoms with van der Waals surface area (Å²) in [4.78, 5) is 28.1. The van der Waals surface area contributed by atoms with Crippen LogP contribution in [0.15, 0.2) is 78.5 Å². The monoisotopic (exact) mass is 446 g/mol. The lowest BCUT2D eigenvalue weighted by molar-refractivity contribution is -0.120. The average molecular weight is 447 g/mol. The maximum Gasteiger partial charge on any atom is 0.282 e. The molecule has 0 aromatic heterocycles. The number of carbonyl (C=O) groups is 2. The second-order valence-corrected chi connectivity index (χ2v) is 7.74. The zero-order valence-corrected chi connectivity index (χ0v) is 18.6. The highest BCUT2D eigenvalue weighted by Gasteiger charge is 2.40. The quantitative estimate of drug-likeness (QED) is 0.473. The maximum atomic E-state index is 13.5. The number of anilines is 2. The molecule has 4 rings (SSSR count). The van der Waals surface area contributed by atoms with Gasteiger partial charge in [0.1, 0.15) is 11.4 Å². The van der Waals surface area contributed by atoms with E-state index in [1.807, 2.05) is 43.3 Å². The summed E-state index contributed by atoms with van der Waals surface area (Å²) >= 11 is 6.04. The van der Waals surface area contributed by atoms with Gasteiger partial charge in [-0.05, 0) is 73.0 Å². The van der Waals surface area contributed by atoms with Crippen LogP contribution >= 0.6 is 11.6 Å². The maximum absolute atomic E-state index is 13.5. The van der Waals surface area contributed by atoms with Crippen molar-refractivity contribution in [2.75, 3.05) is 16.8 Å². The van der Waals surface area contributed by atoms with Crippen molar-refractivity contribution in [3.05, 3.63) is 94.6 Å². The first-order valence-electron chi connectivity index (χ1n) is 10.5. The molecule has 0 unspecified atom stereocenters. The van der Waals surface area contributed by atoms with Crippen LogP contribution in [0, 0.1) is 0 Å². The smallest absolute Gasteiger partial charge is 0.282 e. The van der Waals surface area contributed by atoms with Crippen LogP contribution in [-0.2, 0) is 16.0 Å². The van der Waals surface area contributed by atoms with Crippen LogP contribution in [-0.4, -0.2) is 18.4 Å². The van der Waals surface area contributed by atoms with Crippen molar-refractivity contribution in [1.29, 1.82) is 0 Å². The fourth-order valence-corrected chi connectivity index (χ4v) is 3.72. The minimum atomic E-state index is -0.405.